The number of carbonyl (C=O) groups is 2. The largest absolute Gasteiger partial charge is 0.341 e. The zero-order chi connectivity index (χ0) is 12.5. The Hall–Kier alpha value is -1.30. The maximum atomic E-state index is 12.1. The summed E-state index contributed by atoms with van der Waals surface area (Å²) in [4.78, 5) is 29.7. The second kappa shape index (κ2) is 4.76. The maximum absolute atomic E-state index is 12.1. The zero-order valence-electron chi connectivity index (χ0n) is 10.6. The second-order valence-corrected chi connectivity index (χ2v) is 5.30. The molecule has 1 unspecified atom stereocenters. The molecule has 6 heteroatoms. The van der Waals surface area contributed by atoms with Crippen LogP contribution in [0.4, 0.5) is 4.79 Å². The van der Waals surface area contributed by atoms with Crippen molar-refractivity contribution in [3.63, 3.8) is 0 Å². The van der Waals surface area contributed by atoms with Gasteiger partial charge in [0.25, 0.3) is 0 Å². The first-order valence-corrected chi connectivity index (χ1v) is 6.80. The van der Waals surface area contributed by atoms with E-state index in [1.165, 1.54) is 0 Å². The Morgan fingerprint density at radius 2 is 2.06 bits per heavy atom. The van der Waals surface area contributed by atoms with E-state index >= 15 is 0 Å². The first-order valence-electron chi connectivity index (χ1n) is 6.80. The van der Waals surface area contributed by atoms with Gasteiger partial charge in [0, 0.05) is 39.3 Å². The molecule has 0 aromatic heterocycles. The predicted molar refractivity (Wildman–Crippen MR) is 66.1 cm³/mol. The van der Waals surface area contributed by atoms with Crippen LogP contribution in [0.3, 0.4) is 0 Å². The number of hydrogen-bond donors (Lipinski definition) is 1. The molecule has 6 nitrogen and oxygen atoms in total. The minimum absolute atomic E-state index is 0.0362. The van der Waals surface area contributed by atoms with Crippen molar-refractivity contribution in [1.29, 1.82) is 0 Å². The van der Waals surface area contributed by atoms with E-state index in [1.807, 2.05) is 9.80 Å². The molecule has 0 aromatic rings. The van der Waals surface area contributed by atoms with Crippen LogP contribution < -0.4 is 5.32 Å². The van der Waals surface area contributed by atoms with E-state index in [4.69, 9.17) is 0 Å². The highest BCUT2D eigenvalue weighted by molar-refractivity contribution is 5.85. The average Bonchev–Trinajstić information content (AvgIpc) is 3.00. The lowest BCUT2D eigenvalue weighted by Gasteiger charge is -2.28. The number of fused-ring (bicyclic) bond motifs is 1. The molecule has 18 heavy (non-hydrogen) atoms. The number of nitrogens with zero attached hydrogens (tertiary/aromatic N) is 3. The second-order valence-electron chi connectivity index (χ2n) is 5.30. The minimum atomic E-state index is 0.0362. The van der Waals surface area contributed by atoms with Crippen molar-refractivity contribution in [2.75, 3.05) is 45.8 Å². The molecule has 100 valence electrons. The molecule has 0 spiro atoms. The predicted octanol–water partition coefficient (Wildman–Crippen LogP) is -0.682. The van der Waals surface area contributed by atoms with Crippen molar-refractivity contribution in [1.82, 2.24) is 20.0 Å². The van der Waals surface area contributed by atoms with E-state index in [0.717, 1.165) is 45.6 Å². The third-order valence-corrected chi connectivity index (χ3v) is 4.08. The highest BCUT2D eigenvalue weighted by atomic mass is 16.2. The molecule has 3 fully saturated rings. The Balaban J connectivity index is 1.59. The lowest BCUT2D eigenvalue weighted by Crippen LogP contribution is -2.50. The summed E-state index contributed by atoms with van der Waals surface area (Å²) in [5.74, 6) is 0.105. The fourth-order valence-electron chi connectivity index (χ4n) is 3.05. The zero-order valence-corrected chi connectivity index (χ0v) is 10.6. The number of piperazine rings is 1. The van der Waals surface area contributed by atoms with Gasteiger partial charge in [-0.05, 0) is 12.8 Å². The molecule has 0 aromatic carbocycles. The van der Waals surface area contributed by atoms with Crippen molar-refractivity contribution in [3.8, 4) is 0 Å². The summed E-state index contributed by atoms with van der Waals surface area (Å²) in [6, 6.07) is 0.284. The van der Waals surface area contributed by atoms with Gasteiger partial charge in [-0.15, -0.1) is 0 Å². The number of rotatable bonds is 2. The van der Waals surface area contributed by atoms with Gasteiger partial charge >= 0.3 is 6.03 Å². The van der Waals surface area contributed by atoms with Crippen LogP contribution in [0.15, 0.2) is 0 Å². The number of likely N-dealkylation sites (tertiary alicyclic amines) is 1. The molecule has 0 radical (unpaired) electrons. The van der Waals surface area contributed by atoms with E-state index in [0.29, 0.717) is 6.54 Å². The van der Waals surface area contributed by atoms with Crippen molar-refractivity contribution in [2.24, 2.45) is 0 Å². The van der Waals surface area contributed by atoms with E-state index in [2.05, 4.69) is 5.32 Å². The normalized spacial score (nSPS) is 27.9. The average molecular weight is 252 g/mol. The molecule has 0 aliphatic carbocycles. The monoisotopic (exact) mass is 252 g/mol. The van der Waals surface area contributed by atoms with Gasteiger partial charge in [0.1, 0.15) is 6.54 Å². The Labute approximate surface area is 107 Å². The van der Waals surface area contributed by atoms with Crippen molar-refractivity contribution < 1.29 is 9.59 Å². The molecular weight excluding hydrogens is 232 g/mol. The fourth-order valence-corrected chi connectivity index (χ4v) is 3.05. The van der Waals surface area contributed by atoms with Crippen LogP contribution in [0.1, 0.15) is 12.8 Å². The Morgan fingerprint density at radius 1 is 1.28 bits per heavy atom. The molecule has 0 saturated carbocycles. The smallest absolute Gasteiger partial charge is 0.320 e. The highest BCUT2D eigenvalue weighted by Gasteiger charge is 2.39. The summed E-state index contributed by atoms with van der Waals surface area (Å²) >= 11 is 0. The van der Waals surface area contributed by atoms with Crippen LogP contribution in [0.2, 0.25) is 0 Å². The fraction of sp³-hybridized carbons (Fsp3) is 0.833. The van der Waals surface area contributed by atoms with Crippen LogP contribution in [0, 0.1) is 0 Å². The van der Waals surface area contributed by atoms with Gasteiger partial charge in [-0.1, -0.05) is 0 Å². The number of amides is 3. The molecule has 1 N–H and O–H groups in total. The Kier molecular flexibility index (Phi) is 3.11. The highest BCUT2D eigenvalue weighted by Crippen LogP contribution is 2.18. The van der Waals surface area contributed by atoms with E-state index in [-0.39, 0.29) is 24.5 Å². The minimum Gasteiger partial charge on any atom is -0.341 e. The number of hydrogen-bond acceptors (Lipinski definition) is 3. The van der Waals surface area contributed by atoms with Gasteiger partial charge in [0.05, 0.1) is 6.04 Å². The SMILES string of the molecule is O=C(CN1CC2CNCCN2C1=O)N1CCCC1. The van der Waals surface area contributed by atoms with Crippen LogP contribution in [0.25, 0.3) is 0 Å². The van der Waals surface area contributed by atoms with Crippen LogP contribution in [-0.2, 0) is 4.79 Å². The Morgan fingerprint density at radius 3 is 2.78 bits per heavy atom. The van der Waals surface area contributed by atoms with Crippen molar-refractivity contribution >= 4 is 11.9 Å². The van der Waals surface area contributed by atoms with Gasteiger partial charge < -0.3 is 20.0 Å². The molecule has 1 atom stereocenters. The van der Waals surface area contributed by atoms with Crippen LogP contribution in [-0.4, -0.2) is 78.5 Å². The topological polar surface area (TPSA) is 55.9 Å². The van der Waals surface area contributed by atoms with Crippen molar-refractivity contribution in [2.45, 2.75) is 18.9 Å². The van der Waals surface area contributed by atoms with Gasteiger partial charge in [-0.25, -0.2) is 4.79 Å². The number of carbonyl (C=O) groups excluding carboxylic acids is 2. The van der Waals surface area contributed by atoms with Crippen molar-refractivity contribution in [3.05, 3.63) is 0 Å². The first kappa shape index (κ1) is 11.8. The molecule has 3 heterocycles. The summed E-state index contributed by atoms with van der Waals surface area (Å²) in [6.45, 7) is 5.12. The molecule has 3 aliphatic rings. The molecule has 3 amide bonds. The van der Waals surface area contributed by atoms with E-state index in [1.54, 1.807) is 4.90 Å². The standard InChI is InChI=1S/C12H20N4O2/c17-11(14-4-1-2-5-14)9-15-8-10-7-13-3-6-16(10)12(15)18/h10,13H,1-9H2. The quantitative estimate of drug-likeness (QED) is 0.708. The third kappa shape index (κ3) is 2.05. The number of urea groups is 1. The first-order chi connectivity index (χ1) is 8.75. The molecule has 3 aliphatic heterocycles. The summed E-state index contributed by atoms with van der Waals surface area (Å²) in [5, 5.41) is 3.29. The molecule has 0 bridgehead atoms. The van der Waals surface area contributed by atoms with Gasteiger partial charge in [0.15, 0.2) is 0 Å². The summed E-state index contributed by atoms with van der Waals surface area (Å²) in [7, 11) is 0. The molecule has 3 saturated heterocycles. The van der Waals surface area contributed by atoms with Crippen LogP contribution >= 0.6 is 0 Å². The van der Waals surface area contributed by atoms with Gasteiger partial charge in [0.2, 0.25) is 5.91 Å². The number of nitrogens with one attached hydrogen (secondary N) is 1. The van der Waals surface area contributed by atoms with Gasteiger partial charge in [-0.3, -0.25) is 4.79 Å². The summed E-state index contributed by atoms with van der Waals surface area (Å²) in [6.07, 6.45) is 2.19. The molecule has 3 rings (SSSR count). The maximum Gasteiger partial charge on any atom is 0.320 e. The summed E-state index contributed by atoms with van der Waals surface area (Å²) in [5.41, 5.74) is 0. The van der Waals surface area contributed by atoms with E-state index < -0.39 is 0 Å². The van der Waals surface area contributed by atoms with Crippen LogP contribution in [0.5, 0.6) is 0 Å². The Bertz CT molecular complexity index is 354. The van der Waals surface area contributed by atoms with Gasteiger partial charge in [-0.2, -0.15) is 0 Å². The van der Waals surface area contributed by atoms with E-state index in [9.17, 15) is 9.59 Å². The third-order valence-electron chi connectivity index (χ3n) is 4.08. The summed E-state index contributed by atoms with van der Waals surface area (Å²) < 4.78 is 0. The molecular formula is C12H20N4O2. The lowest BCUT2D eigenvalue weighted by atomic mass is 10.2. The lowest BCUT2D eigenvalue weighted by molar-refractivity contribution is -0.130.